The number of anilines is 2. The topological polar surface area (TPSA) is 310 Å². The standard InChI is InChI=1S/C30H29ClF2N6O4S.C18H16ClF2NO.C12H15N5O4S.ClH/c1-30(2,3)28(43)36-29-35-27-25(44-29)24(26(34)42)37-39(27)14-22(41)38-13-16(32)12-20(38)21(40)11-15-7-6-9-18(23(15)33)17-8-4-5-10-19(17)31;19-15-7-2-1-5-13(15)14-6-3-4-11(18(14)21)8-17(23)16-9-12(20)10-22-16;1-12(2,3)10(21)15-11-14-9-7(22-11)6(8(13)20)16-17(9)4-5(18)19;/h4-10,16,20H,11-14H2,1-3H3,(H2,34,42)(H,35,36,43);1-7,12,16,22H,8-10H2;4H2,1-3H3,(H2,13,20)(H,18,19)(H,14,15,21);1H/t16-,20+;12-,16+;;/m11../s1. The summed E-state index contributed by atoms with van der Waals surface area (Å²) in [5.41, 5.74) is 11.5. The number of ketones is 2. The molecule has 476 valence electrons. The minimum atomic E-state index is -1.47. The molecule has 10 rings (SSSR count). The van der Waals surface area contributed by atoms with Crippen molar-refractivity contribution in [2.45, 2.75) is 105 Å². The van der Waals surface area contributed by atoms with Gasteiger partial charge < -0.3 is 37.4 Å². The fraction of sp³-hybridized carbons (Fsp3) is 0.333. The summed E-state index contributed by atoms with van der Waals surface area (Å²) in [5.74, 6) is -5.80. The van der Waals surface area contributed by atoms with E-state index in [0.717, 1.165) is 36.9 Å². The lowest BCUT2D eigenvalue weighted by Gasteiger charge is -2.23. The molecule has 5 amide bonds. The van der Waals surface area contributed by atoms with Gasteiger partial charge in [-0.25, -0.2) is 26.9 Å². The van der Waals surface area contributed by atoms with Crippen molar-refractivity contribution in [2.24, 2.45) is 22.3 Å². The van der Waals surface area contributed by atoms with Crippen molar-refractivity contribution < 1.29 is 61.0 Å². The fourth-order valence-electron chi connectivity index (χ4n) is 9.40. The number of primary amides is 2. The van der Waals surface area contributed by atoms with E-state index in [4.69, 9.17) is 39.8 Å². The monoisotopic (exact) mass is 1340 g/mol. The number of carboxylic acid groups (broad SMARTS) is 1. The predicted octanol–water partition coefficient (Wildman–Crippen LogP) is 9.83. The van der Waals surface area contributed by atoms with Gasteiger partial charge in [0.25, 0.3) is 11.8 Å². The smallest absolute Gasteiger partial charge is 0.325 e. The summed E-state index contributed by atoms with van der Waals surface area (Å²) < 4.78 is 60.9. The fourth-order valence-corrected chi connectivity index (χ4v) is 11.8. The Morgan fingerprint density at radius 2 is 1.07 bits per heavy atom. The van der Waals surface area contributed by atoms with Gasteiger partial charge in [0.2, 0.25) is 17.7 Å². The van der Waals surface area contributed by atoms with E-state index in [1.807, 2.05) is 0 Å². The molecule has 4 aromatic heterocycles. The van der Waals surface area contributed by atoms with Gasteiger partial charge in [0.15, 0.2) is 44.5 Å². The first kappa shape index (κ1) is 69.3. The number of thiazole rings is 2. The molecule has 8 N–H and O–H groups in total. The van der Waals surface area contributed by atoms with Gasteiger partial charge in [-0.1, -0.05) is 160 Å². The van der Waals surface area contributed by atoms with Gasteiger partial charge in [-0.05, 0) is 23.3 Å². The Kier molecular flexibility index (Phi) is 22.1. The van der Waals surface area contributed by atoms with Crippen LogP contribution >= 0.6 is 58.3 Å². The van der Waals surface area contributed by atoms with Crippen LogP contribution in [0.5, 0.6) is 0 Å². The maximum absolute atomic E-state index is 15.5. The van der Waals surface area contributed by atoms with Crippen molar-refractivity contribution in [1.82, 2.24) is 39.7 Å². The highest BCUT2D eigenvalue weighted by Crippen LogP contribution is 2.36. The molecule has 0 spiro atoms. The van der Waals surface area contributed by atoms with Crippen molar-refractivity contribution in [3.05, 3.63) is 129 Å². The highest BCUT2D eigenvalue weighted by atomic mass is 35.5. The van der Waals surface area contributed by atoms with Gasteiger partial charge in [0, 0.05) is 75.4 Å². The Balaban J connectivity index is 0.000000211. The number of alkyl halides is 2. The molecule has 0 aliphatic carbocycles. The number of rotatable bonds is 16. The molecule has 90 heavy (non-hydrogen) atoms. The summed E-state index contributed by atoms with van der Waals surface area (Å²) in [4.78, 5) is 107. The summed E-state index contributed by atoms with van der Waals surface area (Å²) in [6.07, 6.45) is -2.99. The van der Waals surface area contributed by atoms with Gasteiger partial charge in [0.05, 0.1) is 18.6 Å². The molecule has 2 aliphatic heterocycles. The van der Waals surface area contributed by atoms with Crippen LogP contribution in [0.4, 0.5) is 27.8 Å². The molecule has 8 aromatic rings. The number of carbonyl (C=O) groups excluding carboxylic acids is 7. The van der Waals surface area contributed by atoms with Crippen LogP contribution in [-0.2, 0) is 54.7 Å². The Hall–Kier alpha value is -8.21. The van der Waals surface area contributed by atoms with Crippen LogP contribution in [0.15, 0.2) is 84.9 Å². The minimum Gasteiger partial charge on any atom is -0.480 e. The van der Waals surface area contributed by atoms with Crippen molar-refractivity contribution in [3.63, 3.8) is 0 Å². The molecule has 21 nitrogen and oxygen atoms in total. The number of benzene rings is 4. The van der Waals surface area contributed by atoms with Gasteiger partial charge in [0.1, 0.15) is 46.5 Å². The second-order valence-corrected chi connectivity index (χ2v) is 25.7. The second-order valence-electron chi connectivity index (χ2n) is 22.9. The van der Waals surface area contributed by atoms with E-state index in [0.29, 0.717) is 37.0 Å². The molecule has 2 saturated heterocycles. The lowest BCUT2D eigenvalue weighted by Crippen LogP contribution is -2.43. The largest absolute Gasteiger partial charge is 0.480 e. The number of hydrogen-bond acceptors (Lipinski definition) is 15. The van der Waals surface area contributed by atoms with Crippen LogP contribution < -0.4 is 27.4 Å². The first-order valence-corrected chi connectivity index (χ1v) is 29.9. The van der Waals surface area contributed by atoms with Crippen molar-refractivity contribution in [1.29, 1.82) is 0 Å². The Labute approximate surface area is 536 Å². The van der Waals surface area contributed by atoms with Crippen LogP contribution in [0, 0.1) is 22.5 Å². The van der Waals surface area contributed by atoms with Crippen LogP contribution in [0.2, 0.25) is 10.0 Å². The van der Waals surface area contributed by atoms with Crippen molar-refractivity contribution >= 4 is 136 Å². The molecular formula is C60H61Cl3F4N12O9S2. The number of aliphatic carboxylic acids is 1. The van der Waals surface area contributed by atoms with Crippen LogP contribution in [0.3, 0.4) is 0 Å². The molecule has 0 unspecified atom stereocenters. The Morgan fingerprint density at radius 3 is 1.48 bits per heavy atom. The zero-order valence-electron chi connectivity index (χ0n) is 49.0. The van der Waals surface area contributed by atoms with Crippen molar-refractivity contribution in [3.8, 4) is 22.3 Å². The quantitative estimate of drug-likeness (QED) is 0.0491. The second kappa shape index (κ2) is 28.7. The molecule has 0 bridgehead atoms. The summed E-state index contributed by atoms with van der Waals surface area (Å²) in [5, 5.41) is 26.2. The van der Waals surface area contributed by atoms with Gasteiger partial charge in [-0.15, -0.1) is 12.4 Å². The number of nitrogens with one attached hydrogen (secondary N) is 3. The number of hydrogen-bond donors (Lipinski definition) is 6. The van der Waals surface area contributed by atoms with Crippen molar-refractivity contribution in [2.75, 3.05) is 23.7 Å². The average molecular weight is 1340 g/mol. The number of halogens is 7. The third-order valence-electron chi connectivity index (χ3n) is 14.0. The molecule has 6 heterocycles. The molecule has 30 heteroatoms. The van der Waals surface area contributed by atoms with E-state index < -0.39 is 89.5 Å². The maximum Gasteiger partial charge on any atom is 0.325 e. The predicted molar refractivity (Wildman–Crippen MR) is 336 cm³/mol. The van der Waals surface area contributed by atoms with E-state index in [1.54, 1.807) is 120 Å². The average Bonchev–Trinajstić information content (AvgIpc) is 1.60. The van der Waals surface area contributed by atoms with Crippen LogP contribution in [0.1, 0.15) is 86.5 Å². The maximum atomic E-state index is 15.5. The number of aromatic nitrogens is 6. The highest BCUT2D eigenvalue weighted by Gasteiger charge is 2.40. The molecule has 0 saturated carbocycles. The Bertz CT molecular complexity index is 4090. The molecule has 4 aromatic carbocycles. The third-order valence-corrected chi connectivity index (χ3v) is 16.6. The number of fused-ring (bicyclic) bond motifs is 2. The SMILES string of the molecule is CC(C)(C)C(=O)Nc1nc2c(s1)c(C(N)=O)nn2CC(=O)N1C[C@H](F)C[C@H]1C(=O)Cc1cccc(-c2ccccc2Cl)c1F.CC(C)(C)C(=O)Nc1nc2c(s1)c(C(N)=O)nn2CC(=O)O.Cl.O=C(Cc1cccc(-c2ccccc2Cl)c1F)[C@@H]1C[C@@H](F)CN1. The number of nitrogens with two attached hydrogens (primary N) is 2. The zero-order chi connectivity index (χ0) is 65.0. The number of carbonyl (C=O) groups is 8. The van der Waals surface area contributed by atoms with E-state index >= 15 is 4.39 Å². The van der Waals surface area contributed by atoms with Crippen LogP contribution in [-0.4, -0.2) is 124 Å². The molecule has 0 radical (unpaired) electrons. The van der Waals surface area contributed by atoms with E-state index in [1.165, 1.54) is 6.07 Å². The summed E-state index contributed by atoms with van der Waals surface area (Å²) in [6, 6.07) is 21.6. The number of carboxylic acids is 1. The minimum absolute atomic E-state index is 0. The summed E-state index contributed by atoms with van der Waals surface area (Å²) >= 11 is 14.4. The number of nitrogens with zero attached hydrogens (tertiary/aromatic N) is 7. The number of Topliss-reactive ketones (excluding diaryl/α,β-unsaturated/α-hetero) is 2. The summed E-state index contributed by atoms with van der Waals surface area (Å²) in [7, 11) is 0. The van der Waals surface area contributed by atoms with E-state index in [-0.39, 0.29) is 118 Å². The lowest BCUT2D eigenvalue weighted by molar-refractivity contribution is -0.138. The normalized spacial score (nSPS) is 16.3. The van der Waals surface area contributed by atoms with Gasteiger partial charge in [-0.2, -0.15) is 20.2 Å². The third kappa shape index (κ3) is 16.2. The van der Waals surface area contributed by atoms with Gasteiger partial charge in [-0.3, -0.25) is 38.4 Å². The molecular weight excluding hydrogens is 1280 g/mol. The summed E-state index contributed by atoms with van der Waals surface area (Å²) in [6.45, 7) is 9.31. The molecule has 2 aliphatic rings. The highest BCUT2D eigenvalue weighted by molar-refractivity contribution is 7.23. The van der Waals surface area contributed by atoms with Crippen LogP contribution in [0.25, 0.3) is 42.9 Å². The first-order valence-electron chi connectivity index (χ1n) is 27.5. The lowest BCUT2D eigenvalue weighted by atomic mass is 9.96. The van der Waals surface area contributed by atoms with E-state index in [2.05, 4.69) is 36.1 Å². The Morgan fingerprint density at radius 1 is 0.633 bits per heavy atom. The molecule has 4 atom stereocenters. The zero-order valence-corrected chi connectivity index (χ0v) is 53.0. The molecule has 2 fully saturated rings. The van der Waals surface area contributed by atoms with E-state index in [9.17, 15) is 51.5 Å². The first-order chi connectivity index (χ1) is 41.9. The van der Waals surface area contributed by atoms with Gasteiger partial charge >= 0.3 is 5.97 Å². The number of amides is 5. The number of likely N-dealkylation sites (tertiary alicyclic amines) is 1.